The van der Waals surface area contributed by atoms with E-state index in [2.05, 4.69) is 5.32 Å². The smallest absolute Gasteiger partial charge is 0.157 e. The molecular formula is C12H17NO2. The van der Waals surface area contributed by atoms with Gasteiger partial charge in [0.05, 0.1) is 0 Å². The van der Waals surface area contributed by atoms with Crippen LogP contribution in [0, 0.1) is 5.92 Å². The molecule has 1 aliphatic rings. The van der Waals surface area contributed by atoms with Crippen molar-refractivity contribution in [2.75, 3.05) is 13.6 Å². The number of phenols is 2. The Morgan fingerprint density at radius 2 is 2.07 bits per heavy atom. The molecule has 82 valence electrons. The van der Waals surface area contributed by atoms with Crippen molar-refractivity contribution in [2.45, 2.75) is 18.8 Å². The van der Waals surface area contributed by atoms with Crippen LogP contribution in [-0.2, 0) is 0 Å². The fraction of sp³-hybridized carbons (Fsp3) is 0.500. The summed E-state index contributed by atoms with van der Waals surface area (Å²) in [5, 5.41) is 21.9. The molecule has 3 nitrogen and oxygen atoms in total. The van der Waals surface area contributed by atoms with Crippen LogP contribution in [0.4, 0.5) is 0 Å². The standard InChI is InChI=1S/C12H17NO2/c1-13-7-10(8-2-3-8)9-4-5-11(14)12(15)6-9/h4-6,8,10,13-15H,2-3,7H2,1H3. The monoisotopic (exact) mass is 207 g/mol. The fourth-order valence-electron chi connectivity index (χ4n) is 2.05. The Labute approximate surface area is 89.8 Å². The molecule has 0 bridgehead atoms. The molecule has 0 aliphatic heterocycles. The van der Waals surface area contributed by atoms with Crippen molar-refractivity contribution in [3.8, 4) is 11.5 Å². The summed E-state index contributed by atoms with van der Waals surface area (Å²) < 4.78 is 0. The lowest BCUT2D eigenvalue weighted by atomic mass is 9.94. The Morgan fingerprint density at radius 3 is 2.60 bits per heavy atom. The Kier molecular flexibility index (Phi) is 2.82. The van der Waals surface area contributed by atoms with Gasteiger partial charge in [-0.2, -0.15) is 0 Å². The molecule has 15 heavy (non-hydrogen) atoms. The summed E-state index contributed by atoms with van der Waals surface area (Å²) in [7, 11) is 1.94. The highest BCUT2D eigenvalue weighted by Crippen LogP contribution is 2.43. The molecule has 3 N–H and O–H groups in total. The van der Waals surface area contributed by atoms with Gasteiger partial charge in [-0.15, -0.1) is 0 Å². The number of benzene rings is 1. The van der Waals surface area contributed by atoms with Crippen molar-refractivity contribution in [3.05, 3.63) is 23.8 Å². The molecule has 1 aliphatic carbocycles. The first kappa shape index (κ1) is 10.3. The lowest BCUT2D eigenvalue weighted by molar-refractivity contribution is 0.402. The second-order valence-corrected chi connectivity index (χ2v) is 4.25. The molecule has 0 aromatic heterocycles. The predicted molar refractivity (Wildman–Crippen MR) is 59.2 cm³/mol. The van der Waals surface area contributed by atoms with Gasteiger partial charge in [-0.3, -0.25) is 0 Å². The molecule has 0 amide bonds. The molecule has 0 spiro atoms. The normalized spacial score (nSPS) is 17.7. The maximum absolute atomic E-state index is 9.45. The highest BCUT2D eigenvalue weighted by Gasteiger charge is 2.31. The zero-order valence-electron chi connectivity index (χ0n) is 8.90. The molecule has 0 radical (unpaired) electrons. The number of nitrogens with one attached hydrogen (secondary N) is 1. The van der Waals surface area contributed by atoms with Crippen molar-refractivity contribution >= 4 is 0 Å². The van der Waals surface area contributed by atoms with Crippen molar-refractivity contribution in [1.82, 2.24) is 5.32 Å². The van der Waals surface area contributed by atoms with Crippen LogP contribution in [0.2, 0.25) is 0 Å². The van der Waals surface area contributed by atoms with E-state index in [0.29, 0.717) is 5.92 Å². The number of aromatic hydroxyl groups is 2. The first-order valence-corrected chi connectivity index (χ1v) is 5.39. The fourth-order valence-corrected chi connectivity index (χ4v) is 2.05. The van der Waals surface area contributed by atoms with Crippen molar-refractivity contribution in [1.29, 1.82) is 0 Å². The maximum atomic E-state index is 9.45. The Balaban J connectivity index is 2.21. The van der Waals surface area contributed by atoms with E-state index in [4.69, 9.17) is 0 Å². The van der Waals surface area contributed by atoms with Gasteiger partial charge < -0.3 is 15.5 Å². The zero-order chi connectivity index (χ0) is 10.8. The summed E-state index contributed by atoms with van der Waals surface area (Å²) in [6.45, 7) is 0.925. The van der Waals surface area contributed by atoms with Crippen LogP contribution in [0.25, 0.3) is 0 Å². The van der Waals surface area contributed by atoms with E-state index in [9.17, 15) is 10.2 Å². The summed E-state index contributed by atoms with van der Waals surface area (Å²) in [5.41, 5.74) is 1.11. The molecule has 1 unspecified atom stereocenters. The van der Waals surface area contributed by atoms with Crippen molar-refractivity contribution < 1.29 is 10.2 Å². The first-order chi connectivity index (χ1) is 7.22. The molecule has 1 saturated carbocycles. The van der Waals surface area contributed by atoms with Gasteiger partial charge in [0.15, 0.2) is 11.5 Å². The average Bonchev–Trinajstić information content (AvgIpc) is 3.02. The van der Waals surface area contributed by atoms with E-state index in [1.165, 1.54) is 12.8 Å². The first-order valence-electron chi connectivity index (χ1n) is 5.39. The third kappa shape index (κ3) is 2.23. The van der Waals surface area contributed by atoms with E-state index in [-0.39, 0.29) is 11.5 Å². The molecule has 3 heteroatoms. The van der Waals surface area contributed by atoms with Gasteiger partial charge in [-0.1, -0.05) is 6.07 Å². The predicted octanol–water partition coefficient (Wildman–Crippen LogP) is 1.81. The molecule has 1 atom stereocenters. The second kappa shape index (κ2) is 4.11. The molecule has 1 aromatic rings. The quantitative estimate of drug-likeness (QED) is 0.660. The average molecular weight is 207 g/mol. The minimum Gasteiger partial charge on any atom is -0.504 e. The van der Waals surface area contributed by atoms with Gasteiger partial charge >= 0.3 is 0 Å². The minimum atomic E-state index is -0.0437. The summed E-state index contributed by atoms with van der Waals surface area (Å²) in [5.74, 6) is 1.13. The largest absolute Gasteiger partial charge is 0.504 e. The summed E-state index contributed by atoms with van der Waals surface area (Å²) in [6, 6.07) is 5.14. The van der Waals surface area contributed by atoms with Crippen LogP contribution in [0.3, 0.4) is 0 Å². The minimum absolute atomic E-state index is 0.0192. The highest BCUT2D eigenvalue weighted by molar-refractivity contribution is 5.42. The van der Waals surface area contributed by atoms with Crippen molar-refractivity contribution in [3.63, 3.8) is 0 Å². The van der Waals surface area contributed by atoms with E-state index >= 15 is 0 Å². The van der Waals surface area contributed by atoms with Gasteiger partial charge in [0.1, 0.15) is 0 Å². The summed E-state index contributed by atoms with van der Waals surface area (Å²) in [6.07, 6.45) is 2.54. The molecular weight excluding hydrogens is 190 g/mol. The lowest BCUT2D eigenvalue weighted by Gasteiger charge is -2.16. The second-order valence-electron chi connectivity index (χ2n) is 4.25. The van der Waals surface area contributed by atoms with Crippen LogP contribution in [-0.4, -0.2) is 23.8 Å². The van der Waals surface area contributed by atoms with Crippen LogP contribution in [0.5, 0.6) is 11.5 Å². The SMILES string of the molecule is CNCC(c1ccc(O)c(O)c1)C1CC1. The van der Waals surface area contributed by atoms with Crippen LogP contribution in [0.15, 0.2) is 18.2 Å². The number of rotatable bonds is 4. The van der Waals surface area contributed by atoms with Gasteiger partial charge in [0.2, 0.25) is 0 Å². The van der Waals surface area contributed by atoms with Gasteiger partial charge in [-0.05, 0) is 49.4 Å². The van der Waals surface area contributed by atoms with Crippen LogP contribution >= 0.6 is 0 Å². The Morgan fingerprint density at radius 1 is 1.33 bits per heavy atom. The summed E-state index contributed by atoms with van der Waals surface area (Å²) >= 11 is 0. The molecule has 1 fully saturated rings. The van der Waals surface area contributed by atoms with Gasteiger partial charge in [0.25, 0.3) is 0 Å². The highest BCUT2D eigenvalue weighted by atomic mass is 16.3. The number of likely N-dealkylation sites (N-methyl/N-ethyl adjacent to an activating group) is 1. The van der Waals surface area contributed by atoms with E-state index < -0.39 is 0 Å². The number of hydrogen-bond donors (Lipinski definition) is 3. The zero-order valence-corrected chi connectivity index (χ0v) is 8.90. The summed E-state index contributed by atoms with van der Waals surface area (Å²) in [4.78, 5) is 0. The molecule has 2 rings (SSSR count). The van der Waals surface area contributed by atoms with Crippen molar-refractivity contribution in [2.24, 2.45) is 5.92 Å². The Hall–Kier alpha value is -1.22. The third-order valence-electron chi connectivity index (χ3n) is 3.04. The topological polar surface area (TPSA) is 52.5 Å². The lowest BCUT2D eigenvalue weighted by Crippen LogP contribution is -2.18. The van der Waals surface area contributed by atoms with Crippen LogP contribution < -0.4 is 5.32 Å². The van der Waals surface area contributed by atoms with E-state index in [1.807, 2.05) is 13.1 Å². The molecule has 1 aromatic carbocycles. The number of hydrogen-bond acceptors (Lipinski definition) is 3. The number of phenolic OH excluding ortho intramolecular Hbond substituents is 2. The third-order valence-corrected chi connectivity index (χ3v) is 3.04. The maximum Gasteiger partial charge on any atom is 0.157 e. The van der Waals surface area contributed by atoms with E-state index in [1.54, 1.807) is 12.1 Å². The molecule has 0 saturated heterocycles. The van der Waals surface area contributed by atoms with Crippen LogP contribution in [0.1, 0.15) is 24.3 Å². The van der Waals surface area contributed by atoms with Gasteiger partial charge in [0, 0.05) is 6.54 Å². The van der Waals surface area contributed by atoms with E-state index in [0.717, 1.165) is 18.0 Å². The van der Waals surface area contributed by atoms with Gasteiger partial charge in [-0.25, -0.2) is 0 Å². The molecule has 0 heterocycles. The Bertz CT molecular complexity index is 347.